The third kappa shape index (κ3) is 3.44. The first-order valence-electron chi connectivity index (χ1n) is 6.68. The molecule has 0 radical (unpaired) electrons. The zero-order valence-electron chi connectivity index (χ0n) is 12.4. The molecular formula is C16H19NO4. The molecule has 112 valence electrons. The van der Waals surface area contributed by atoms with Gasteiger partial charge in [0.05, 0.1) is 11.7 Å². The topological polar surface area (TPSA) is 70.8 Å². The summed E-state index contributed by atoms with van der Waals surface area (Å²) in [4.78, 5) is 11.6. The fraction of sp³-hybridized carbons (Fsp3) is 0.312. The van der Waals surface area contributed by atoms with Crippen LogP contribution < -0.4 is 15.2 Å². The van der Waals surface area contributed by atoms with Crippen LogP contribution in [0.1, 0.15) is 24.2 Å². The van der Waals surface area contributed by atoms with Gasteiger partial charge in [-0.15, -0.1) is 0 Å². The Hall–Kier alpha value is -2.27. The number of ether oxygens (including phenoxy) is 3. The first-order valence-corrected chi connectivity index (χ1v) is 6.68. The molecular weight excluding hydrogens is 270 g/mol. The Kier molecular flexibility index (Phi) is 4.65. The maximum atomic E-state index is 11.6. The molecule has 0 saturated carbocycles. The molecule has 0 aliphatic heterocycles. The van der Waals surface area contributed by atoms with E-state index in [2.05, 4.69) is 0 Å². The van der Waals surface area contributed by atoms with Crippen molar-refractivity contribution < 1.29 is 19.0 Å². The van der Waals surface area contributed by atoms with Gasteiger partial charge in [0, 0.05) is 12.5 Å². The molecule has 2 aromatic rings. The zero-order chi connectivity index (χ0) is 15.4. The average molecular weight is 289 g/mol. The minimum atomic E-state index is -0.518. The van der Waals surface area contributed by atoms with Gasteiger partial charge in [0.15, 0.2) is 6.79 Å². The number of benzene rings is 2. The zero-order valence-corrected chi connectivity index (χ0v) is 12.4. The highest BCUT2D eigenvalue weighted by atomic mass is 16.7. The van der Waals surface area contributed by atoms with Crippen LogP contribution in [-0.2, 0) is 4.74 Å². The van der Waals surface area contributed by atoms with E-state index in [-0.39, 0.29) is 12.9 Å². The van der Waals surface area contributed by atoms with Gasteiger partial charge in [-0.25, -0.2) is 0 Å². The van der Waals surface area contributed by atoms with Crippen molar-refractivity contribution in [3.63, 3.8) is 0 Å². The summed E-state index contributed by atoms with van der Waals surface area (Å²) in [6, 6.07) is 9.07. The summed E-state index contributed by atoms with van der Waals surface area (Å²) in [5, 5.41) is 1.70. The Labute approximate surface area is 123 Å². The second-order valence-corrected chi connectivity index (χ2v) is 4.91. The summed E-state index contributed by atoms with van der Waals surface area (Å²) in [7, 11) is 1.56. The van der Waals surface area contributed by atoms with Crippen LogP contribution in [0.5, 0.6) is 11.5 Å². The minimum absolute atomic E-state index is 0.0624. The van der Waals surface area contributed by atoms with E-state index in [9.17, 15) is 4.79 Å². The Morgan fingerprint density at radius 2 is 2.00 bits per heavy atom. The Morgan fingerprint density at radius 3 is 2.62 bits per heavy atom. The van der Waals surface area contributed by atoms with Gasteiger partial charge in [0.25, 0.3) is 5.91 Å². The summed E-state index contributed by atoms with van der Waals surface area (Å²) < 4.78 is 16.1. The van der Waals surface area contributed by atoms with E-state index in [1.807, 2.05) is 32.0 Å². The van der Waals surface area contributed by atoms with Crippen LogP contribution in [0.2, 0.25) is 0 Å². The highest BCUT2D eigenvalue weighted by Crippen LogP contribution is 2.32. The third-order valence-electron chi connectivity index (χ3n) is 2.90. The van der Waals surface area contributed by atoms with Gasteiger partial charge in [-0.3, -0.25) is 4.79 Å². The fourth-order valence-electron chi connectivity index (χ4n) is 2.07. The maximum absolute atomic E-state index is 11.6. The number of nitrogens with two attached hydrogens (primary N) is 1. The highest BCUT2D eigenvalue weighted by Gasteiger charge is 2.14. The molecule has 0 unspecified atom stereocenters. The maximum Gasteiger partial charge on any atom is 0.252 e. The Morgan fingerprint density at radius 1 is 1.24 bits per heavy atom. The van der Waals surface area contributed by atoms with Crippen LogP contribution in [0.4, 0.5) is 0 Å². The van der Waals surface area contributed by atoms with Crippen LogP contribution in [-0.4, -0.2) is 25.9 Å². The number of fused-ring (bicyclic) bond motifs is 1. The number of carbonyl (C=O) groups is 1. The lowest BCUT2D eigenvalue weighted by atomic mass is 10.0. The highest BCUT2D eigenvalue weighted by molar-refractivity contribution is 6.02. The second-order valence-electron chi connectivity index (χ2n) is 4.91. The summed E-state index contributed by atoms with van der Waals surface area (Å²) >= 11 is 0. The number of methoxy groups -OCH3 is 1. The minimum Gasteiger partial charge on any atom is -0.490 e. The molecule has 2 aromatic carbocycles. The van der Waals surface area contributed by atoms with Crippen LogP contribution in [0.15, 0.2) is 30.3 Å². The standard InChI is InChI=1S/C16H19NO4/c1-10(2)21-15-8-12-11(7-13(15)16(17)18)5-4-6-14(12)20-9-19-3/h4-8,10H,9H2,1-3H3,(H2,17,18). The number of rotatable bonds is 6. The predicted octanol–water partition coefficient (Wildman–Crippen LogP) is 2.71. The summed E-state index contributed by atoms with van der Waals surface area (Å²) in [5.74, 6) is 0.605. The molecule has 0 spiro atoms. The molecule has 1 amide bonds. The first-order chi connectivity index (χ1) is 10.0. The molecule has 2 rings (SSSR count). The fourth-order valence-corrected chi connectivity index (χ4v) is 2.07. The molecule has 0 aliphatic rings. The van der Waals surface area contributed by atoms with Gasteiger partial charge in [-0.1, -0.05) is 12.1 Å². The molecule has 0 bridgehead atoms. The predicted molar refractivity (Wildman–Crippen MR) is 80.7 cm³/mol. The van der Waals surface area contributed by atoms with Crippen molar-refractivity contribution in [3.8, 4) is 11.5 Å². The van der Waals surface area contributed by atoms with Crippen LogP contribution in [0.25, 0.3) is 10.8 Å². The Balaban J connectivity index is 2.58. The van der Waals surface area contributed by atoms with Crippen molar-refractivity contribution in [1.82, 2.24) is 0 Å². The summed E-state index contributed by atoms with van der Waals surface area (Å²) in [5.41, 5.74) is 5.79. The van der Waals surface area contributed by atoms with E-state index in [1.165, 1.54) is 0 Å². The molecule has 0 heterocycles. The first kappa shape index (κ1) is 15.1. The molecule has 0 aromatic heterocycles. The smallest absolute Gasteiger partial charge is 0.252 e. The van der Waals surface area contributed by atoms with Gasteiger partial charge in [-0.05, 0) is 37.4 Å². The second kappa shape index (κ2) is 6.45. The van der Waals surface area contributed by atoms with Crippen molar-refractivity contribution in [1.29, 1.82) is 0 Å². The van der Waals surface area contributed by atoms with Gasteiger partial charge < -0.3 is 19.9 Å². The van der Waals surface area contributed by atoms with E-state index >= 15 is 0 Å². The van der Waals surface area contributed by atoms with Crippen molar-refractivity contribution in [2.75, 3.05) is 13.9 Å². The van der Waals surface area contributed by atoms with Crippen molar-refractivity contribution in [2.24, 2.45) is 5.73 Å². The van der Waals surface area contributed by atoms with E-state index in [1.54, 1.807) is 19.2 Å². The summed E-state index contributed by atoms with van der Waals surface area (Å²) in [6.45, 7) is 3.93. The van der Waals surface area contributed by atoms with Crippen molar-refractivity contribution in [3.05, 3.63) is 35.9 Å². The SMILES string of the molecule is COCOc1cccc2cc(C(N)=O)c(OC(C)C)cc12. The quantitative estimate of drug-likeness (QED) is 0.830. The molecule has 5 nitrogen and oxygen atoms in total. The summed E-state index contributed by atoms with van der Waals surface area (Å²) in [6.07, 6.45) is -0.0624. The molecule has 0 saturated heterocycles. The average Bonchev–Trinajstić information content (AvgIpc) is 2.43. The van der Waals surface area contributed by atoms with Crippen LogP contribution in [0, 0.1) is 0 Å². The van der Waals surface area contributed by atoms with Gasteiger partial charge in [0.2, 0.25) is 0 Å². The van der Waals surface area contributed by atoms with Crippen molar-refractivity contribution >= 4 is 16.7 Å². The van der Waals surface area contributed by atoms with E-state index < -0.39 is 5.91 Å². The van der Waals surface area contributed by atoms with Gasteiger partial charge in [0.1, 0.15) is 11.5 Å². The lowest BCUT2D eigenvalue weighted by Crippen LogP contribution is -2.15. The number of carbonyl (C=O) groups excluding carboxylic acids is 1. The normalized spacial score (nSPS) is 10.9. The molecule has 5 heteroatoms. The van der Waals surface area contributed by atoms with Gasteiger partial charge in [-0.2, -0.15) is 0 Å². The van der Waals surface area contributed by atoms with Gasteiger partial charge >= 0.3 is 0 Å². The molecule has 2 N–H and O–H groups in total. The largest absolute Gasteiger partial charge is 0.490 e. The molecule has 0 aliphatic carbocycles. The van der Waals surface area contributed by atoms with E-state index in [0.29, 0.717) is 17.1 Å². The third-order valence-corrected chi connectivity index (χ3v) is 2.90. The van der Waals surface area contributed by atoms with Crippen LogP contribution in [0.3, 0.4) is 0 Å². The number of hydrogen-bond donors (Lipinski definition) is 1. The van der Waals surface area contributed by atoms with E-state index in [0.717, 1.165) is 10.8 Å². The van der Waals surface area contributed by atoms with E-state index in [4.69, 9.17) is 19.9 Å². The van der Waals surface area contributed by atoms with Crippen molar-refractivity contribution in [2.45, 2.75) is 20.0 Å². The molecule has 0 fully saturated rings. The molecule has 21 heavy (non-hydrogen) atoms. The number of amides is 1. The number of primary amides is 1. The lowest BCUT2D eigenvalue weighted by Gasteiger charge is -2.15. The lowest BCUT2D eigenvalue weighted by molar-refractivity contribution is 0.0522. The van der Waals surface area contributed by atoms with Crippen LogP contribution >= 0.6 is 0 Å². The monoisotopic (exact) mass is 289 g/mol. The molecule has 0 atom stereocenters. The number of hydrogen-bond acceptors (Lipinski definition) is 4. The Bertz CT molecular complexity index is 652.